The molecule has 0 radical (unpaired) electrons. The Bertz CT molecular complexity index is 389. The largest absolute Gasteiger partial charge is 0.476 e. The molecule has 2 rings (SSSR count). The molecule has 1 N–H and O–H groups in total. The first-order valence-corrected chi connectivity index (χ1v) is 5.57. The zero-order chi connectivity index (χ0) is 12.3. The van der Waals surface area contributed by atoms with E-state index in [1.54, 1.807) is 0 Å². The van der Waals surface area contributed by atoms with Crippen LogP contribution in [0.5, 0.6) is 5.88 Å². The first-order valence-electron chi connectivity index (χ1n) is 5.57. The summed E-state index contributed by atoms with van der Waals surface area (Å²) >= 11 is 0. The van der Waals surface area contributed by atoms with Crippen LogP contribution in [-0.2, 0) is 0 Å². The van der Waals surface area contributed by atoms with Crippen molar-refractivity contribution >= 4 is 5.97 Å². The second-order valence-corrected chi connectivity index (χ2v) is 4.12. The molecule has 0 bridgehead atoms. The molecule has 0 amide bonds. The standard InChI is InChI=1S/C11H15N3O3/c1-14(8-2-3-8)6-7-17-10-5-4-9(11(15)16)12-13-10/h4-5,8H,2-3,6-7H2,1H3,(H,15,16). The summed E-state index contributed by atoms with van der Waals surface area (Å²) in [5, 5.41) is 15.9. The smallest absolute Gasteiger partial charge is 0.356 e. The Morgan fingerprint density at radius 1 is 1.53 bits per heavy atom. The van der Waals surface area contributed by atoms with E-state index < -0.39 is 5.97 Å². The van der Waals surface area contributed by atoms with Gasteiger partial charge in [0, 0.05) is 18.7 Å². The number of aromatic carboxylic acids is 1. The third kappa shape index (κ3) is 3.39. The van der Waals surface area contributed by atoms with Gasteiger partial charge in [0.1, 0.15) is 6.61 Å². The van der Waals surface area contributed by atoms with Gasteiger partial charge in [-0.3, -0.25) is 0 Å². The van der Waals surface area contributed by atoms with Crippen molar-refractivity contribution in [3.05, 3.63) is 17.8 Å². The highest BCUT2D eigenvalue weighted by molar-refractivity contribution is 5.84. The quantitative estimate of drug-likeness (QED) is 0.782. The van der Waals surface area contributed by atoms with Crippen molar-refractivity contribution in [1.29, 1.82) is 0 Å². The van der Waals surface area contributed by atoms with E-state index in [4.69, 9.17) is 9.84 Å². The SMILES string of the molecule is CN(CCOc1ccc(C(=O)O)nn1)C1CC1. The predicted molar refractivity (Wildman–Crippen MR) is 60.1 cm³/mol. The minimum atomic E-state index is -1.09. The van der Waals surface area contributed by atoms with E-state index in [-0.39, 0.29) is 5.69 Å². The van der Waals surface area contributed by atoms with Gasteiger partial charge in [0.15, 0.2) is 5.69 Å². The minimum Gasteiger partial charge on any atom is -0.476 e. The normalized spacial score (nSPS) is 14.9. The van der Waals surface area contributed by atoms with Gasteiger partial charge >= 0.3 is 5.97 Å². The van der Waals surface area contributed by atoms with Gasteiger partial charge in [0.05, 0.1) is 0 Å². The molecule has 0 atom stereocenters. The van der Waals surface area contributed by atoms with Crippen LogP contribution in [0.3, 0.4) is 0 Å². The lowest BCUT2D eigenvalue weighted by Crippen LogP contribution is -2.26. The molecule has 0 aliphatic heterocycles. The van der Waals surface area contributed by atoms with Gasteiger partial charge in [-0.25, -0.2) is 4.79 Å². The van der Waals surface area contributed by atoms with Crippen molar-refractivity contribution < 1.29 is 14.6 Å². The summed E-state index contributed by atoms with van der Waals surface area (Å²) in [6, 6.07) is 3.61. The summed E-state index contributed by atoms with van der Waals surface area (Å²) in [5.74, 6) is -0.725. The topological polar surface area (TPSA) is 75.5 Å². The fourth-order valence-electron chi connectivity index (χ4n) is 1.50. The van der Waals surface area contributed by atoms with Gasteiger partial charge in [-0.2, -0.15) is 0 Å². The highest BCUT2D eigenvalue weighted by atomic mass is 16.5. The molecule has 1 aromatic rings. The molecule has 1 fully saturated rings. The average Bonchev–Trinajstić information content (AvgIpc) is 3.13. The fraction of sp³-hybridized carbons (Fsp3) is 0.545. The van der Waals surface area contributed by atoms with Crippen LogP contribution in [-0.4, -0.2) is 52.4 Å². The van der Waals surface area contributed by atoms with Crippen LogP contribution in [0, 0.1) is 0 Å². The molecule has 92 valence electrons. The number of carboxylic acid groups (broad SMARTS) is 1. The lowest BCUT2D eigenvalue weighted by molar-refractivity contribution is 0.0689. The third-order valence-corrected chi connectivity index (χ3v) is 2.72. The molecule has 0 unspecified atom stereocenters. The Morgan fingerprint density at radius 3 is 2.82 bits per heavy atom. The molecule has 0 aromatic carbocycles. The molecular weight excluding hydrogens is 222 g/mol. The van der Waals surface area contributed by atoms with Crippen molar-refractivity contribution in [2.45, 2.75) is 18.9 Å². The Hall–Kier alpha value is -1.69. The molecule has 6 heteroatoms. The Balaban J connectivity index is 1.76. The highest BCUT2D eigenvalue weighted by Gasteiger charge is 2.25. The number of aromatic nitrogens is 2. The number of likely N-dealkylation sites (N-methyl/N-ethyl adjacent to an activating group) is 1. The van der Waals surface area contributed by atoms with Crippen LogP contribution >= 0.6 is 0 Å². The van der Waals surface area contributed by atoms with Crippen LogP contribution in [0.1, 0.15) is 23.3 Å². The van der Waals surface area contributed by atoms with Crippen LogP contribution < -0.4 is 4.74 Å². The monoisotopic (exact) mass is 237 g/mol. The summed E-state index contributed by atoms with van der Waals surface area (Å²) in [5.41, 5.74) is -0.0764. The maximum atomic E-state index is 10.5. The van der Waals surface area contributed by atoms with Crippen LogP contribution in [0.4, 0.5) is 0 Å². The molecule has 0 spiro atoms. The minimum absolute atomic E-state index is 0.0764. The fourth-order valence-corrected chi connectivity index (χ4v) is 1.50. The number of hydrogen-bond donors (Lipinski definition) is 1. The third-order valence-electron chi connectivity index (χ3n) is 2.72. The number of nitrogens with zero attached hydrogens (tertiary/aromatic N) is 3. The summed E-state index contributed by atoms with van der Waals surface area (Å²) in [7, 11) is 2.07. The first kappa shape index (κ1) is 11.8. The van der Waals surface area contributed by atoms with Gasteiger partial charge in [-0.05, 0) is 26.0 Å². The maximum Gasteiger partial charge on any atom is 0.356 e. The summed E-state index contributed by atoms with van der Waals surface area (Å²) in [4.78, 5) is 12.8. The van der Waals surface area contributed by atoms with Crippen LogP contribution in [0.25, 0.3) is 0 Å². The van der Waals surface area contributed by atoms with Gasteiger partial charge < -0.3 is 14.7 Å². The van der Waals surface area contributed by atoms with Crippen molar-refractivity contribution in [2.24, 2.45) is 0 Å². The van der Waals surface area contributed by atoms with Crippen molar-refractivity contribution in [2.75, 3.05) is 20.2 Å². The molecule has 1 saturated carbocycles. The van der Waals surface area contributed by atoms with Gasteiger partial charge in [0.2, 0.25) is 5.88 Å². The number of carboxylic acids is 1. The Labute approximate surface area is 99.2 Å². The van der Waals surface area contributed by atoms with E-state index in [2.05, 4.69) is 22.1 Å². The second kappa shape index (κ2) is 5.09. The second-order valence-electron chi connectivity index (χ2n) is 4.12. The summed E-state index contributed by atoms with van der Waals surface area (Å²) < 4.78 is 5.38. The van der Waals surface area contributed by atoms with Crippen LogP contribution in [0.15, 0.2) is 12.1 Å². The molecular formula is C11H15N3O3. The van der Waals surface area contributed by atoms with E-state index >= 15 is 0 Å². The average molecular weight is 237 g/mol. The van der Waals surface area contributed by atoms with E-state index in [1.807, 2.05) is 0 Å². The maximum absolute atomic E-state index is 10.5. The zero-order valence-corrected chi connectivity index (χ0v) is 9.67. The molecule has 6 nitrogen and oxygen atoms in total. The molecule has 0 saturated heterocycles. The highest BCUT2D eigenvalue weighted by Crippen LogP contribution is 2.24. The number of carbonyl (C=O) groups is 1. The Morgan fingerprint density at radius 2 is 2.29 bits per heavy atom. The van der Waals surface area contributed by atoms with E-state index in [0.29, 0.717) is 18.5 Å². The molecule has 1 aliphatic rings. The molecule has 1 aliphatic carbocycles. The van der Waals surface area contributed by atoms with Gasteiger partial charge in [-0.1, -0.05) is 0 Å². The predicted octanol–water partition coefficient (Wildman–Crippen LogP) is 0.648. The lowest BCUT2D eigenvalue weighted by atomic mass is 10.4. The van der Waals surface area contributed by atoms with E-state index in [1.165, 1.54) is 25.0 Å². The van der Waals surface area contributed by atoms with Crippen molar-refractivity contribution in [3.63, 3.8) is 0 Å². The lowest BCUT2D eigenvalue weighted by Gasteiger charge is -2.15. The van der Waals surface area contributed by atoms with Crippen molar-refractivity contribution in [1.82, 2.24) is 15.1 Å². The summed E-state index contributed by atoms with van der Waals surface area (Å²) in [6.07, 6.45) is 2.53. The zero-order valence-electron chi connectivity index (χ0n) is 9.67. The molecule has 1 heterocycles. The number of rotatable bonds is 6. The first-order chi connectivity index (χ1) is 8.16. The van der Waals surface area contributed by atoms with Gasteiger partial charge in [0.25, 0.3) is 0 Å². The summed E-state index contributed by atoms with van der Waals surface area (Å²) in [6.45, 7) is 1.38. The Kier molecular flexibility index (Phi) is 3.53. The molecule has 1 aromatic heterocycles. The number of ether oxygens (including phenoxy) is 1. The van der Waals surface area contributed by atoms with Gasteiger partial charge in [-0.15, -0.1) is 10.2 Å². The molecule has 17 heavy (non-hydrogen) atoms. The van der Waals surface area contributed by atoms with Crippen LogP contribution in [0.2, 0.25) is 0 Å². The van der Waals surface area contributed by atoms with E-state index in [0.717, 1.165) is 6.54 Å². The van der Waals surface area contributed by atoms with Crippen molar-refractivity contribution in [3.8, 4) is 5.88 Å². The number of hydrogen-bond acceptors (Lipinski definition) is 5. The van der Waals surface area contributed by atoms with E-state index in [9.17, 15) is 4.79 Å².